The number of benzene rings is 2. The summed E-state index contributed by atoms with van der Waals surface area (Å²) in [6.07, 6.45) is 0. The quantitative estimate of drug-likeness (QED) is 0.201. The number of hydrogen-bond donors (Lipinski definition) is 3. The maximum absolute atomic E-state index is 12.3. The summed E-state index contributed by atoms with van der Waals surface area (Å²) in [5.74, 6) is -2.45. The molecule has 0 unspecified atom stereocenters. The lowest BCUT2D eigenvalue weighted by atomic mass is 10.2. The van der Waals surface area contributed by atoms with Gasteiger partial charge in [-0.1, -0.05) is 23.9 Å². The molecular weight excluding hydrogens is 382 g/mol. The summed E-state index contributed by atoms with van der Waals surface area (Å²) in [5.41, 5.74) is 1.12. The summed E-state index contributed by atoms with van der Waals surface area (Å²) in [5, 5.41) is 20.2. The largest absolute Gasteiger partial charge is 0.378 e. The molecule has 0 aliphatic rings. The van der Waals surface area contributed by atoms with Gasteiger partial charge in [0.05, 0.1) is 4.92 Å². The van der Waals surface area contributed by atoms with Crippen molar-refractivity contribution in [3.8, 4) is 0 Å². The van der Waals surface area contributed by atoms with Crippen LogP contribution in [0.5, 0.6) is 0 Å². The zero-order valence-electron chi connectivity index (χ0n) is 13.4. The SMILES string of the molecule is O=[N+]([O-])c1ccccc1NCCNC(=S)Nc1ccc(SC(F)F)cc1. The minimum Gasteiger partial charge on any atom is -0.378 e. The predicted octanol–water partition coefficient (Wildman–Crippen LogP) is 4.31. The van der Waals surface area contributed by atoms with Crippen LogP contribution in [0.4, 0.5) is 25.8 Å². The Morgan fingerprint density at radius 1 is 1.15 bits per heavy atom. The Kier molecular flexibility index (Phi) is 7.54. The highest BCUT2D eigenvalue weighted by Gasteiger charge is 2.11. The fourth-order valence-corrected chi connectivity index (χ4v) is 2.77. The van der Waals surface area contributed by atoms with Crippen molar-refractivity contribution in [2.45, 2.75) is 10.7 Å². The molecule has 0 radical (unpaired) electrons. The maximum Gasteiger partial charge on any atom is 0.292 e. The van der Waals surface area contributed by atoms with Crippen LogP contribution >= 0.6 is 24.0 Å². The van der Waals surface area contributed by atoms with Crippen LogP contribution in [0.25, 0.3) is 0 Å². The number of nitro groups is 1. The van der Waals surface area contributed by atoms with E-state index in [0.29, 0.717) is 46.2 Å². The van der Waals surface area contributed by atoms with Crippen molar-refractivity contribution < 1.29 is 13.7 Å². The third-order valence-electron chi connectivity index (χ3n) is 3.16. The van der Waals surface area contributed by atoms with E-state index in [-0.39, 0.29) is 5.69 Å². The highest BCUT2D eigenvalue weighted by molar-refractivity contribution is 7.99. The molecule has 0 bridgehead atoms. The van der Waals surface area contributed by atoms with Gasteiger partial charge in [0.15, 0.2) is 5.11 Å². The van der Waals surface area contributed by atoms with Gasteiger partial charge < -0.3 is 16.0 Å². The molecule has 138 valence electrons. The van der Waals surface area contributed by atoms with Crippen LogP contribution in [0.15, 0.2) is 53.4 Å². The molecule has 26 heavy (non-hydrogen) atoms. The Bertz CT molecular complexity index is 760. The molecule has 0 saturated heterocycles. The van der Waals surface area contributed by atoms with Crippen LogP contribution in [-0.4, -0.2) is 28.9 Å². The van der Waals surface area contributed by atoms with E-state index in [4.69, 9.17) is 12.2 Å². The number of nitro benzene ring substituents is 1. The average molecular weight is 398 g/mol. The molecule has 0 aromatic heterocycles. The first-order chi connectivity index (χ1) is 12.5. The lowest BCUT2D eigenvalue weighted by Gasteiger charge is -2.12. The van der Waals surface area contributed by atoms with Crippen LogP contribution in [0.1, 0.15) is 0 Å². The topological polar surface area (TPSA) is 79.2 Å². The van der Waals surface area contributed by atoms with Gasteiger partial charge in [-0.15, -0.1) is 0 Å². The summed E-state index contributed by atoms with van der Waals surface area (Å²) in [4.78, 5) is 10.9. The standard InChI is InChI=1S/C16H16F2N4O2S2/c17-15(18)26-12-7-5-11(6-8-12)21-16(25)20-10-9-19-13-3-1-2-4-14(13)22(23)24/h1-8,15,19H,9-10H2,(H2,20,21,25). The van der Waals surface area contributed by atoms with Gasteiger partial charge in [0.2, 0.25) is 0 Å². The molecule has 0 fully saturated rings. The Morgan fingerprint density at radius 2 is 1.85 bits per heavy atom. The second-order valence-electron chi connectivity index (χ2n) is 4.98. The monoisotopic (exact) mass is 398 g/mol. The lowest BCUT2D eigenvalue weighted by Crippen LogP contribution is -2.32. The Balaban J connectivity index is 1.75. The number of anilines is 2. The Hall–Kier alpha value is -2.46. The van der Waals surface area contributed by atoms with E-state index in [1.807, 2.05) is 0 Å². The second kappa shape index (κ2) is 9.88. The van der Waals surface area contributed by atoms with Crippen molar-refractivity contribution >= 4 is 46.2 Å². The molecule has 0 amide bonds. The highest BCUT2D eigenvalue weighted by atomic mass is 32.2. The Morgan fingerprint density at radius 3 is 2.50 bits per heavy atom. The molecule has 0 spiro atoms. The number of thioether (sulfide) groups is 1. The number of thiocarbonyl (C=S) groups is 1. The minimum atomic E-state index is -2.45. The van der Waals surface area contributed by atoms with E-state index in [0.717, 1.165) is 0 Å². The molecule has 6 nitrogen and oxygen atoms in total. The van der Waals surface area contributed by atoms with Gasteiger partial charge in [0.25, 0.3) is 11.4 Å². The molecular formula is C16H16F2N4O2S2. The van der Waals surface area contributed by atoms with E-state index in [9.17, 15) is 18.9 Å². The molecule has 2 aromatic rings. The summed E-state index contributed by atoms with van der Waals surface area (Å²) < 4.78 is 24.5. The molecule has 2 aromatic carbocycles. The van der Waals surface area contributed by atoms with E-state index >= 15 is 0 Å². The van der Waals surface area contributed by atoms with Gasteiger partial charge in [0.1, 0.15) is 5.69 Å². The van der Waals surface area contributed by atoms with Crippen LogP contribution in [-0.2, 0) is 0 Å². The number of halogens is 2. The van der Waals surface area contributed by atoms with Crippen molar-refractivity contribution in [1.29, 1.82) is 0 Å². The first-order valence-electron chi connectivity index (χ1n) is 7.52. The van der Waals surface area contributed by atoms with Crippen molar-refractivity contribution in [1.82, 2.24) is 5.32 Å². The van der Waals surface area contributed by atoms with Gasteiger partial charge in [-0.2, -0.15) is 8.78 Å². The van der Waals surface area contributed by atoms with Gasteiger partial charge in [-0.3, -0.25) is 10.1 Å². The number of para-hydroxylation sites is 2. The number of nitrogens with zero attached hydrogens (tertiary/aromatic N) is 1. The van der Waals surface area contributed by atoms with E-state index in [1.165, 1.54) is 6.07 Å². The van der Waals surface area contributed by atoms with Gasteiger partial charge in [0, 0.05) is 29.7 Å². The summed E-state index contributed by atoms with van der Waals surface area (Å²) in [7, 11) is 0. The summed E-state index contributed by atoms with van der Waals surface area (Å²) in [6, 6.07) is 12.9. The summed E-state index contributed by atoms with van der Waals surface area (Å²) >= 11 is 5.63. The fraction of sp³-hybridized carbons (Fsp3) is 0.188. The van der Waals surface area contributed by atoms with E-state index in [1.54, 1.807) is 42.5 Å². The predicted molar refractivity (Wildman–Crippen MR) is 104 cm³/mol. The minimum absolute atomic E-state index is 0.00922. The zero-order chi connectivity index (χ0) is 18.9. The normalized spacial score (nSPS) is 10.4. The van der Waals surface area contributed by atoms with Crippen LogP contribution < -0.4 is 16.0 Å². The van der Waals surface area contributed by atoms with E-state index < -0.39 is 10.7 Å². The first kappa shape index (κ1) is 19.9. The Labute approximate surface area is 158 Å². The number of nitrogens with one attached hydrogen (secondary N) is 3. The van der Waals surface area contributed by atoms with Crippen LogP contribution in [0.2, 0.25) is 0 Å². The third kappa shape index (κ3) is 6.45. The third-order valence-corrected chi connectivity index (χ3v) is 4.13. The smallest absolute Gasteiger partial charge is 0.292 e. The fourth-order valence-electron chi connectivity index (χ4n) is 2.05. The zero-order valence-corrected chi connectivity index (χ0v) is 15.1. The molecule has 10 heteroatoms. The summed E-state index contributed by atoms with van der Waals surface area (Å²) in [6.45, 7) is 0.869. The van der Waals surface area contributed by atoms with Crippen molar-refractivity contribution in [2.24, 2.45) is 0 Å². The number of rotatable bonds is 8. The second-order valence-corrected chi connectivity index (χ2v) is 6.46. The number of hydrogen-bond acceptors (Lipinski definition) is 5. The highest BCUT2D eigenvalue weighted by Crippen LogP contribution is 2.26. The molecule has 0 saturated carbocycles. The van der Waals surface area contributed by atoms with Gasteiger partial charge in [-0.05, 0) is 42.5 Å². The molecule has 0 heterocycles. The average Bonchev–Trinajstić information content (AvgIpc) is 2.60. The van der Waals surface area contributed by atoms with Gasteiger partial charge >= 0.3 is 0 Å². The first-order valence-corrected chi connectivity index (χ1v) is 8.81. The van der Waals surface area contributed by atoms with Crippen LogP contribution in [0, 0.1) is 10.1 Å². The van der Waals surface area contributed by atoms with Crippen LogP contribution in [0.3, 0.4) is 0 Å². The molecule has 0 aliphatic carbocycles. The number of alkyl halides is 2. The van der Waals surface area contributed by atoms with E-state index in [2.05, 4.69) is 16.0 Å². The lowest BCUT2D eigenvalue weighted by molar-refractivity contribution is -0.384. The van der Waals surface area contributed by atoms with Crippen molar-refractivity contribution in [2.75, 3.05) is 23.7 Å². The van der Waals surface area contributed by atoms with Gasteiger partial charge in [-0.25, -0.2) is 0 Å². The maximum atomic E-state index is 12.3. The van der Waals surface area contributed by atoms with Crippen molar-refractivity contribution in [3.63, 3.8) is 0 Å². The molecule has 3 N–H and O–H groups in total. The molecule has 2 rings (SSSR count). The molecule has 0 aliphatic heterocycles. The van der Waals surface area contributed by atoms with Crippen molar-refractivity contribution in [3.05, 3.63) is 58.6 Å². The molecule has 0 atom stereocenters.